The molecule has 0 spiro atoms. The van der Waals surface area contributed by atoms with Gasteiger partial charge in [-0.1, -0.05) is 79.1 Å². The fourth-order valence-electron chi connectivity index (χ4n) is 4.92. The predicted molar refractivity (Wildman–Crippen MR) is 154 cm³/mol. The van der Waals surface area contributed by atoms with E-state index in [1.165, 1.54) is 17.0 Å². The smallest absolute Gasteiger partial charge is 0.264 e. The summed E-state index contributed by atoms with van der Waals surface area (Å²) in [6.07, 6.45) is 4.58. The highest BCUT2D eigenvalue weighted by Gasteiger charge is 2.33. The van der Waals surface area contributed by atoms with Gasteiger partial charge in [-0.25, -0.2) is 8.42 Å². The fraction of sp³-hybridized carbons (Fsp3) is 0.355. The highest BCUT2D eigenvalue weighted by Crippen LogP contribution is 2.25. The molecule has 3 aromatic rings. The molecular formula is C31H37N3O4S. The highest BCUT2D eigenvalue weighted by atomic mass is 32.2. The minimum Gasteiger partial charge on any atom is -0.352 e. The Kier molecular flexibility index (Phi) is 9.41. The van der Waals surface area contributed by atoms with Gasteiger partial charge in [-0.3, -0.25) is 13.9 Å². The van der Waals surface area contributed by atoms with Gasteiger partial charge in [0.05, 0.1) is 10.6 Å². The number of amides is 2. The molecule has 39 heavy (non-hydrogen) atoms. The van der Waals surface area contributed by atoms with E-state index in [-0.39, 0.29) is 23.4 Å². The molecule has 3 aromatic carbocycles. The molecule has 1 fully saturated rings. The summed E-state index contributed by atoms with van der Waals surface area (Å²) in [5.74, 6) is -0.642. The first-order valence-electron chi connectivity index (χ1n) is 13.5. The molecular weight excluding hydrogens is 510 g/mol. The van der Waals surface area contributed by atoms with Gasteiger partial charge in [0.1, 0.15) is 12.6 Å². The number of hydrogen-bond donors (Lipinski definition) is 1. The SMILES string of the molecule is Cc1ccc(N(CC(=O)N(CCc2ccccc2)C(C)C(=O)NC2CCCC2)S(=O)(=O)c2ccccc2)cc1. The molecule has 8 heteroatoms. The number of aryl methyl sites for hydroxylation is 1. The quantitative estimate of drug-likeness (QED) is 0.377. The van der Waals surface area contributed by atoms with Crippen molar-refractivity contribution in [1.29, 1.82) is 0 Å². The van der Waals surface area contributed by atoms with Crippen molar-refractivity contribution in [2.75, 3.05) is 17.4 Å². The molecule has 0 bridgehead atoms. The average Bonchev–Trinajstić information content (AvgIpc) is 3.46. The van der Waals surface area contributed by atoms with Crippen LogP contribution >= 0.6 is 0 Å². The van der Waals surface area contributed by atoms with Crippen LogP contribution in [0, 0.1) is 6.92 Å². The molecule has 4 rings (SSSR count). The molecule has 0 heterocycles. The number of benzene rings is 3. The van der Waals surface area contributed by atoms with Crippen molar-refractivity contribution in [3.8, 4) is 0 Å². The number of rotatable bonds is 11. The molecule has 1 aliphatic carbocycles. The number of nitrogens with zero attached hydrogens (tertiary/aromatic N) is 2. The van der Waals surface area contributed by atoms with E-state index in [2.05, 4.69) is 5.32 Å². The Morgan fingerprint density at radius 3 is 2.10 bits per heavy atom. The predicted octanol–water partition coefficient (Wildman–Crippen LogP) is 4.71. The van der Waals surface area contributed by atoms with E-state index in [0.29, 0.717) is 12.1 Å². The van der Waals surface area contributed by atoms with Crippen LogP contribution in [-0.4, -0.2) is 50.3 Å². The second kappa shape index (κ2) is 12.9. The Balaban J connectivity index is 1.62. The van der Waals surface area contributed by atoms with E-state index in [1.54, 1.807) is 37.3 Å². The van der Waals surface area contributed by atoms with E-state index in [1.807, 2.05) is 49.4 Å². The fourth-order valence-corrected chi connectivity index (χ4v) is 6.36. The summed E-state index contributed by atoms with van der Waals surface area (Å²) in [7, 11) is -4.04. The van der Waals surface area contributed by atoms with Crippen molar-refractivity contribution in [3.05, 3.63) is 96.1 Å². The molecule has 1 saturated carbocycles. The van der Waals surface area contributed by atoms with Gasteiger partial charge < -0.3 is 10.2 Å². The molecule has 0 radical (unpaired) electrons. The standard InChI is InChI=1S/C31H37N3O4S/c1-24-17-19-28(20-18-24)34(39(37,38)29-15-7-4-8-16-29)23-30(35)33(22-21-26-11-5-3-6-12-26)25(2)31(36)32-27-13-9-10-14-27/h3-8,11-12,15-20,25,27H,9-10,13-14,21-23H2,1-2H3,(H,32,36). The number of sulfonamides is 1. The van der Waals surface area contributed by atoms with E-state index < -0.39 is 28.5 Å². The van der Waals surface area contributed by atoms with Gasteiger partial charge in [0.2, 0.25) is 11.8 Å². The Hall–Kier alpha value is -3.65. The Labute approximate surface area is 231 Å². The van der Waals surface area contributed by atoms with Crippen molar-refractivity contribution in [2.24, 2.45) is 0 Å². The third-order valence-electron chi connectivity index (χ3n) is 7.29. The molecule has 0 saturated heterocycles. The molecule has 0 aliphatic heterocycles. The monoisotopic (exact) mass is 547 g/mol. The summed E-state index contributed by atoms with van der Waals surface area (Å²) >= 11 is 0. The Morgan fingerprint density at radius 1 is 0.897 bits per heavy atom. The second-order valence-corrected chi connectivity index (χ2v) is 12.0. The highest BCUT2D eigenvalue weighted by molar-refractivity contribution is 7.92. The molecule has 1 atom stereocenters. The molecule has 206 valence electrons. The van der Waals surface area contributed by atoms with Crippen LogP contribution in [0.15, 0.2) is 89.8 Å². The lowest BCUT2D eigenvalue weighted by molar-refractivity contribution is -0.139. The summed E-state index contributed by atoms with van der Waals surface area (Å²) in [6.45, 7) is 3.50. The van der Waals surface area contributed by atoms with Crippen molar-refractivity contribution in [2.45, 2.75) is 62.9 Å². The topological polar surface area (TPSA) is 86.8 Å². The number of hydrogen-bond acceptors (Lipinski definition) is 4. The molecule has 1 aliphatic rings. The first-order chi connectivity index (χ1) is 18.8. The van der Waals surface area contributed by atoms with Crippen LogP contribution in [0.4, 0.5) is 5.69 Å². The van der Waals surface area contributed by atoms with Crippen molar-refractivity contribution in [1.82, 2.24) is 10.2 Å². The number of anilines is 1. The minimum absolute atomic E-state index is 0.0984. The molecule has 1 unspecified atom stereocenters. The van der Waals surface area contributed by atoms with Gasteiger partial charge in [-0.05, 0) is 62.9 Å². The normalized spacial score (nSPS) is 14.5. The maximum atomic E-state index is 13.9. The number of carbonyl (C=O) groups excluding carboxylic acids is 2. The first-order valence-corrected chi connectivity index (χ1v) is 15.0. The van der Waals surface area contributed by atoms with E-state index in [4.69, 9.17) is 0 Å². The van der Waals surface area contributed by atoms with Gasteiger partial charge >= 0.3 is 0 Å². The summed E-state index contributed by atoms with van der Waals surface area (Å²) in [5, 5.41) is 3.09. The number of carbonyl (C=O) groups is 2. The molecule has 1 N–H and O–H groups in total. The third-order valence-corrected chi connectivity index (χ3v) is 9.07. The van der Waals surface area contributed by atoms with Crippen LogP contribution in [-0.2, 0) is 26.0 Å². The molecule has 7 nitrogen and oxygen atoms in total. The summed E-state index contributed by atoms with van der Waals surface area (Å²) < 4.78 is 28.7. The van der Waals surface area contributed by atoms with Gasteiger partial charge in [0, 0.05) is 12.6 Å². The average molecular weight is 548 g/mol. The largest absolute Gasteiger partial charge is 0.352 e. The van der Waals surface area contributed by atoms with Crippen LogP contribution in [0.1, 0.15) is 43.7 Å². The second-order valence-electron chi connectivity index (χ2n) is 10.1. The maximum absolute atomic E-state index is 13.9. The Bertz CT molecular complexity index is 1340. The minimum atomic E-state index is -4.04. The van der Waals surface area contributed by atoms with Crippen molar-refractivity contribution in [3.63, 3.8) is 0 Å². The first kappa shape index (κ1) is 28.4. The van der Waals surface area contributed by atoms with Gasteiger partial charge in [-0.15, -0.1) is 0 Å². The zero-order valence-electron chi connectivity index (χ0n) is 22.6. The van der Waals surface area contributed by atoms with Crippen LogP contribution in [0.5, 0.6) is 0 Å². The number of nitrogens with one attached hydrogen (secondary N) is 1. The molecule has 0 aromatic heterocycles. The lowest BCUT2D eigenvalue weighted by atomic mass is 10.1. The summed E-state index contributed by atoms with van der Waals surface area (Å²) in [4.78, 5) is 28.8. The lowest BCUT2D eigenvalue weighted by Gasteiger charge is -2.32. The van der Waals surface area contributed by atoms with Crippen LogP contribution in [0.2, 0.25) is 0 Å². The third kappa shape index (κ3) is 7.26. The maximum Gasteiger partial charge on any atom is 0.264 e. The van der Waals surface area contributed by atoms with Crippen molar-refractivity contribution >= 4 is 27.5 Å². The van der Waals surface area contributed by atoms with Crippen molar-refractivity contribution < 1.29 is 18.0 Å². The van der Waals surface area contributed by atoms with Crippen LogP contribution in [0.3, 0.4) is 0 Å². The summed E-state index contributed by atoms with van der Waals surface area (Å²) in [6, 6.07) is 24.3. The van der Waals surface area contributed by atoms with E-state index in [9.17, 15) is 18.0 Å². The Morgan fingerprint density at radius 2 is 1.49 bits per heavy atom. The zero-order valence-corrected chi connectivity index (χ0v) is 23.4. The van der Waals surface area contributed by atoms with Gasteiger partial charge in [0.15, 0.2) is 0 Å². The van der Waals surface area contributed by atoms with Crippen LogP contribution in [0.25, 0.3) is 0 Å². The zero-order chi connectivity index (χ0) is 27.8. The lowest BCUT2D eigenvalue weighted by Crippen LogP contribution is -2.53. The van der Waals surface area contributed by atoms with Gasteiger partial charge in [0.25, 0.3) is 10.0 Å². The van der Waals surface area contributed by atoms with Crippen LogP contribution < -0.4 is 9.62 Å². The van der Waals surface area contributed by atoms with E-state index in [0.717, 1.165) is 41.1 Å². The summed E-state index contributed by atoms with van der Waals surface area (Å²) in [5.41, 5.74) is 2.40. The van der Waals surface area contributed by atoms with Gasteiger partial charge in [-0.2, -0.15) is 0 Å². The molecule has 2 amide bonds. The van der Waals surface area contributed by atoms with E-state index >= 15 is 0 Å².